The smallest absolute Gasteiger partial charge is 0.305 e. The van der Waals surface area contributed by atoms with E-state index in [-0.39, 0.29) is 12.6 Å². The number of hydrogen-bond donors (Lipinski definition) is 0. The second-order valence-electron chi connectivity index (χ2n) is 2.34. The summed E-state index contributed by atoms with van der Waals surface area (Å²) in [7, 11) is 0. The highest BCUT2D eigenvalue weighted by Gasteiger charge is 2.00. The van der Waals surface area contributed by atoms with Gasteiger partial charge in [0.05, 0.1) is 18.1 Å². The first-order chi connectivity index (χ1) is 6.22. The second kappa shape index (κ2) is 4.77. The lowest BCUT2D eigenvalue weighted by molar-refractivity contribution is -0.144. The molecule has 1 heterocycles. The topological polar surface area (TPSA) is 52.1 Å². The van der Waals surface area contributed by atoms with Crippen molar-refractivity contribution in [2.45, 2.75) is 20.0 Å². The van der Waals surface area contributed by atoms with Gasteiger partial charge in [-0.2, -0.15) is 0 Å². The molecule has 0 atom stereocenters. The fraction of sp³-hybridized carbons (Fsp3) is 0.375. The minimum absolute atomic E-state index is 0.150. The first-order valence-corrected chi connectivity index (χ1v) is 4.22. The normalized spacial score (nSPS) is 9.69. The van der Waals surface area contributed by atoms with Crippen LogP contribution in [0.25, 0.3) is 0 Å². The summed E-state index contributed by atoms with van der Waals surface area (Å²) in [5.74, 6) is -0.253. The molecule has 0 saturated carbocycles. The van der Waals surface area contributed by atoms with Crippen molar-refractivity contribution in [1.29, 1.82) is 0 Å². The number of hydrogen-bond acceptors (Lipinski definition) is 4. The molecule has 1 aromatic rings. The third kappa shape index (κ3) is 3.38. The number of carbonyl (C=O) groups excluding carboxylic acids is 1. The first-order valence-electron chi connectivity index (χ1n) is 3.84. The maximum absolute atomic E-state index is 10.8. The third-order valence-electron chi connectivity index (χ3n) is 1.34. The van der Waals surface area contributed by atoms with Crippen molar-refractivity contribution in [3.05, 3.63) is 23.2 Å². The van der Waals surface area contributed by atoms with E-state index in [0.29, 0.717) is 17.3 Å². The molecule has 0 spiro atoms. The van der Waals surface area contributed by atoms with Crippen molar-refractivity contribution in [1.82, 2.24) is 9.97 Å². The quantitative estimate of drug-likeness (QED) is 0.696. The Morgan fingerprint density at radius 3 is 2.85 bits per heavy atom. The molecule has 1 aromatic heterocycles. The van der Waals surface area contributed by atoms with Crippen LogP contribution in [0, 0.1) is 0 Å². The van der Waals surface area contributed by atoms with Gasteiger partial charge in [-0.3, -0.25) is 9.78 Å². The Kier molecular flexibility index (Phi) is 3.64. The summed E-state index contributed by atoms with van der Waals surface area (Å²) >= 11 is 5.52. The number of carbonyl (C=O) groups is 1. The summed E-state index contributed by atoms with van der Waals surface area (Å²) in [6.45, 7) is 1.88. The molecule has 0 bridgehead atoms. The lowest BCUT2D eigenvalue weighted by Crippen LogP contribution is -2.03. The Morgan fingerprint density at radius 2 is 2.31 bits per heavy atom. The van der Waals surface area contributed by atoms with Crippen LogP contribution in [0.4, 0.5) is 0 Å². The molecule has 0 N–H and O–H groups in total. The van der Waals surface area contributed by atoms with Gasteiger partial charge in [0.15, 0.2) is 0 Å². The zero-order valence-electron chi connectivity index (χ0n) is 7.16. The Balaban J connectivity index is 2.46. The maximum atomic E-state index is 10.8. The van der Waals surface area contributed by atoms with E-state index in [9.17, 15) is 4.79 Å². The fourth-order valence-electron chi connectivity index (χ4n) is 0.670. The molecule has 0 radical (unpaired) electrons. The van der Waals surface area contributed by atoms with Gasteiger partial charge in [-0.05, 0) is 0 Å². The Bertz CT molecular complexity index is 287. The van der Waals surface area contributed by atoms with E-state index in [1.54, 1.807) is 6.92 Å². The second-order valence-corrected chi connectivity index (χ2v) is 2.73. The highest BCUT2D eigenvalue weighted by molar-refractivity contribution is 6.29. The van der Waals surface area contributed by atoms with Gasteiger partial charge in [-0.1, -0.05) is 18.5 Å². The van der Waals surface area contributed by atoms with E-state index in [2.05, 4.69) is 9.97 Å². The molecule has 1 rings (SSSR count). The average molecular weight is 201 g/mol. The molecule has 0 aromatic carbocycles. The van der Waals surface area contributed by atoms with Gasteiger partial charge in [0.1, 0.15) is 11.8 Å². The van der Waals surface area contributed by atoms with Gasteiger partial charge in [0.25, 0.3) is 0 Å². The Morgan fingerprint density at radius 1 is 1.54 bits per heavy atom. The van der Waals surface area contributed by atoms with Gasteiger partial charge < -0.3 is 4.74 Å². The lowest BCUT2D eigenvalue weighted by atomic mass is 10.4. The van der Waals surface area contributed by atoms with E-state index in [1.165, 1.54) is 12.4 Å². The number of ether oxygens (including phenoxy) is 1. The molecule has 0 saturated heterocycles. The van der Waals surface area contributed by atoms with Crippen LogP contribution in [0.1, 0.15) is 19.0 Å². The molecule has 0 fully saturated rings. The summed E-state index contributed by atoms with van der Waals surface area (Å²) in [4.78, 5) is 18.5. The zero-order chi connectivity index (χ0) is 9.68. The molecule has 4 nitrogen and oxygen atoms in total. The highest BCUT2D eigenvalue weighted by Crippen LogP contribution is 2.02. The molecule has 0 aliphatic heterocycles. The van der Waals surface area contributed by atoms with E-state index in [1.807, 2.05) is 0 Å². The number of esters is 1. The Hall–Kier alpha value is -1.16. The monoisotopic (exact) mass is 200 g/mol. The maximum Gasteiger partial charge on any atom is 0.305 e. The number of halogens is 1. The zero-order valence-corrected chi connectivity index (χ0v) is 7.91. The van der Waals surface area contributed by atoms with Crippen molar-refractivity contribution in [2.24, 2.45) is 0 Å². The molecule has 0 aliphatic carbocycles. The van der Waals surface area contributed by atoms with Crippen LogP contribution in [-0.2, 0) is 16.1 Å². The van der Waals surface area contributed by atoms with E-state index in [0.717, 1.165) is 0 Å². The molecule has 5 heteroatoms. The number of rotatable bonds is 3. The van der Waals surface area contributed by atoms with Gasteiger partial charge in [-0.15, -0.1) is 0 Å². The van der Waals surface area contributed by atoms with Crippen LogP contribution in [-0.4, -0.2) is 15.9 Å². The Labute approximate surface area is 80.9 Å². The van der Waals surface area contributed by atoms with E-state index in [4.69, 9.17) is 16.3 Å². The van der Waals surface area contributed by atoms with E-state index >= 15 is 0 Å². The first kappa shape index (κ1) is 9.92. The highest BCUT2D eigenvalue weighted by atomic mass is 35.5. The molecular weight excluding hydrogens is 192 g/mol. The average Bonchev–Trinajstić information content (AvgIpc) is 2.16. The van der Waals surface area contributed by atoms with Crippen molar-refractivity contribution < 1.29 is 9.53 Å². The standard InChI is InChI=1S/C8H9ClN2O2/c1-2-8(12)13-5-6-3-11-7(9)4-10-6/h3-4H,2,5H2,1H3. The van der Waals surface area contributed by atoms with Gasteiger partial charge in [0, 0.05) is 6.42 Å². The fourth-order valence-corrected chi connectivity index (χ4v) is 0.768. The minimum Gasteiger partial charge on any atom is -0.459 e. The predicted molar refractivity (Wildman–Crippen MR) is 47.1 cm³/mol. The van der Waals surface area contributed by atoms with Crippen LogP contribution in [0.15, 0.2) is 12.4 Å². The predicted octanol–water partition coefficient (Wildman–Crippen LogP) is 1.58. The van der Waals surface area contributed by atoms with Gasteiger partial charge in [0.2, 0.25) is 0 Å². The van der Waals surface area contributed by atoms with E-state index < -0.39 is 0 Å². The van der Waals surface area contributed by atoms with Crippen LogP contribution < -0.4 is 0 Å². The third-order valence-corrected chi connectivity index (χ3v) is 1.54. The summed E-state index contributed by atoms with van der Waals surface area (Å²) in [6.07, 6.45) is 3.25. The minimum atomic E-state index is -0.253. The van der Waals surface area contributed by atoms with Gasteiger partial charge in [-0.25, -0.2) is 4.98 Å². The number of nitrogens with zero attached hydrogens (tertiary/aromatic N) is 2. The number of aromatic nitrogens is 2. The summed E-state index contributed by atoms with van der Waals surface area (Å²) in [5, 5.41) is 0.325. The largest absolute Gasteiger partial charge is 0.459 e. The van der Waals surface area contributed by atoms with Crippen LogP contribution in [0.2, 0.25) is 5.15 Å². The molecule has 13 heavy (non-hydrogen) atoms. The summed E-state index contributed by atoms with van der Waals surface area (Å²) in [6, 6.07) is 0. The summed E-state index contributed by atoms with van der Waals surface area (Å²) < 4.78 is 4.83. The molecule has 0 aliphatic rings. The molecule has 70 valence electrons. The summed E-state index contributed by atoms with van der Waals surface area (Å²) in [5.41, 5.74) is 0.589. The van der Waals surface area contributed by atoms with Crippen LogP contribution in [0.5, 0.6) is 0 Å². The van der Waals surface area contributed by atoms with Crippen LogP contribution in [0.3, 0.4) is 0 Å². The van der Waals surface area contributed by atoms with Crippen molar-refractivity contribution in [2.75, 3.05) is 0 Å². The van der Waals surface area contributed by atoms with Crippen LogP contribution >= 0.6 is 11.6 Å². The van der Waals surface area contributed by atoms with Crippen molar-refractivity contribution in [3.63, 3.8) is 0 Å². The molecular formula is C8H9ClN2O2. The SMILES string of the molecule is CCC(=O)OCc1cnc(Cl)cn1. The lowest BCUT2D eigenvalue weighted by Gasteiger charge is -2.01. The van der Waals surface area contributed by atoms with Gasteiger partial charge >= 0.3 is 5.97 Å². The van der Waals surface area contributed by atoms with Crippen molar-refractivity contribution >= 4 is 17.6 Å². The van der Waals surface area contributed by atoms with Crippen molar-refractivity contribution in [3.8, 4) is 0 Å². The molecule has 0 amide bonds. The molecule has 0 unspecified atom stereocenters.